The Morgan fingerprint density at radius 2 is 1.57 bits per heavy atom. The molecule has 4 heteroatoms. The van der Waals surface area contributed by atoms with Crippen LogP contribution in [0.15, 0.2) is 68.5 Å². The maximum atomic E-state index is 14.8. The topological polar surface area (TPSA) is 0 Å². The van der Waals surface area contributed by atoms with Gasteiger partial charge in [-0.25, -0.2) is 0 Å². The Kier molecular flexibility index (Phi) is 5.15. The summed E-state index contributed by atoms with van der Waals surface area (Å²) >= 11 is -3.52. The minimum atomic E-state index is -3.52. The fourth-order valence-electron chi connectivity index (χ4n) is 5.93. The van der Waals surface area contributed by atoms with Crippen LogP contribution in [0.1, 0.15) is 48.0 Å². The Balaban J connectivity index is 1.95. The number of hydrogen-bond acceptors (Lipinski definition) is 0. The fourth-order valence-corrected chi connectivity index (χ4v) is 24.4. The van der Waals surface area contributed by atoms with Crippen LogP contribution >= 0.6 is 0 Å². The molecule has 0 N–H and O–H groups in total. The fraction of sp³-hybridized carbons (Fsp3) is 0.308. The monoisotopic (exact) mass is 498 g/mol. The predicted octanol–water partition coefficient (Wildman–Crippen LogP) is 7.05. The summed E-state index contributed by atoms with van der Waals surface area (Å²) in [6, 6.07) is 12.3. The molecule has 0 spiro atoms. The van der Waals surface area contributed by atoms with E-state index in [1.54, 1.807) is 9.35 Å². The van der Waals surface area contributed by atoms with Gasteiger partial charge in [0.05, 0.1) is 0 Å². The molecule has 0 radical (unpaired) electrons. The van der Waals surface area contributed by atoms with E-state index in [-0.39, 0.29) is 0 Å². The van der Waals surface area contributed by atoms with Crippen molar-refractivity contribution in [2.75, 3.05) is 0 Å². The van der Waals surface area contributed by atoms with Crippen molar-refractivity contribution in [2.24, 2.45) is 5.92 Å². The van der Waals surface area contributed by atoms with Crippen molar-refractivity contribution in [3.63, 3.8) is 0 Å². The molecular weight excluding hydrogens is 470 g/mol. The van der Waals surface area contributed by atoms with Gasteiger partial charge in [0.2, 0.25) is 0 Å². The number of benzene rings is 2. The van der Waals surface area contributed by atoms with E-state index in [0.29, 0.717) is 15.1 Å². The van der Waals surface area contributed by atoms with Gasteiger partial charge in [0.1, 0.15) is 0 Å². The van der Waals surface area contributed by atoms with Gasteiger partial charge in [-0.15, -0.1) is 0 Å². The maximum absolute atomic E-state index is 14.8. The van der Waals surface area contributed by atoms with Crippen LogP contribution in [0.25, 0.3) is 5.57 Å². The van der Waals surface area contributed by atoms with E-state index in [2.05, 4.69) is 68.1 Å². The molecule has 156 valence electrons. The zero-order chi connectivity index (χ0) is 22.0. The van der Waals surface area contributed by atoms with Gasteiger partial charge in [-0.2, -0.15) is 0 Å². The van der Waals surface area contributed by atoms with Crippen molar-refractivity contribution >= 4 is 12.5 Å². The van der Waals surface area contributed by atoms with Crippen LogP contribution in [0.4, 0.5) is 8.78 Å². The van der Waals surface area contributed by atoms with Crippen molar-refractivity contribution < 1.29 is 26.2 Å². The molecule has 0 bridgehead atoms. The molecule has 0 fully saturated rings. The number of halogens is 2. The predicted molar refractivity (Wildman–Crippen MR) is 123 cm³/mol. The molecule has 30 heavy (non-hydrogen) atoms. The normalized spacial score (nSPS) is 22.0. The summed E-state index contributed by atoms with van der Waals surface area (Å²) in [7, 11) is 0. The molecule has 2 aliphatic carbocycles. The van der Waals surface area contributed by atoms with Gasteiger partial charge >= 0.3 is 182 Å². The molecule has 0 aliphatic heterocycles. The van der Waals surface area contributed by atoms with Crippen LogP contribution in [0.5, 0.6) is 0 Å². The number of fused-ring (bicyclic) bond motifs is 1. The Morgan fingerprint density at radius 1 is 0.900 bits per heavy atom. The zero-order valence-corrected chi connectivity index (χ0v) is 22.6. The molecule has 2 unspecified atom stereocenters. The Morgan fingerprint density at radius 3 is 2.17 bits per heavy atom. The number of rotatable bonds is 3. The van der Waals surface area contributed by atoms with Gasteiger partial charge in [-0.3, -0.25) is 0 Å². The first-order valence-electron chi connectivity index (χ1n) is 10.7. The Labute approximate surface area is 181 Å². The van der Waals surface area contributed by atoms with E-state index < -0.39 is 29.0 Å². The zero-order valence-electron chi connectivity index (χ0n) is 18.7. The summed E-state index contributed by atoms with van der Waals surface area (Å²) in [4.78, 5) is 0. The molecule has 0 saturated heterocycles. The number of allylic oxidation sites excluding steroid dienone is 5. The Hall–Kier alpha value is -1.38. The molecule has 0 aromatic heterocycles. The van der Waals surface area contributed by atoms with E-state index in [0.717, 1.165) is 17.2 Å². The molecule has 2 aromatic carbocycles. The molecule has 0 heterocycles. The summed E-state index contributed by atoms with van der Waals surface area (Å²) in [6.45, 7) is 11.4. The van der Waals surface area contributed by atoms with Crippen LogP contribution in [-0.2, 0) is 17.4 Å². The van der Waals surface area contributed by atoms with Crippen LogP contribution in [0.3, 0.4) is 0 Å². The molecule has 4 rings (SSSR count). The first-order chi connectivity index (χ1) is 13.9. The molecule has 2 aliphatic rings. The van der Waals surface area contributed by atoms with Crippen molar-refractivity contribution in [1.82, 2.24) is 0 Å². The van der Waals surface area contributed by atoms with Crippen molar-refractivity contribution in [1.29, 1.82) is 0 Å². The molecule has 2 atom stereocenters. The van der Waals surface area contributed by atoms with Crippen LogP contribution < -0.4 is 0 Å². The van der Waals surface area contributed by atoms with E-state index in [1.807, 2.05) is 6.07 Å². The van der Waals surface area contributed by atoms with Crippen LogP contribution in [0, 0.1) is 17.6 Å². The minimum absolute atomic E-state index is 0.298. The quantitative estimate of drug-likeness (QED) is 0.397. The van der Waals surface area contributed by atoms with Gasteiger partial charge < -0.3 is 0 Å². The van der Waals surface area contributed by atoms with Crippen LogP contribution in [0.2, 0.25) is 9.26 Å². The third-order valence-corrected chi connectivity index (χ3v) is 24.9. The van der Waals surface area contributed by atoms with E-state index in [1.165, 1.54) is 28.3 Å². The van der Waals surface area contributed by atoms with E-state index in [9.17, 15) is 8.78 Å². The second-order valence-electron chi connectivity index (χ2n) is 10.1. The van der Waals surface area contributed by atoms with Crippen molar-refractivity contribution in [3.8, 4) is 0 Å². The molecular formula is C26H30F2SiZr. The summed E-state index contributed by atoms with van der Waals surface area (Å²) < 4.78 is 35.4. The first kappa shape index (κ1) is 21.8. The van der Waals surface area contributed by atoms with Gasteiger partial charge in [-0.1, -0.05) is 0 Å². The van der Waals surface area contributed by atoms with E-state index >= 15 is 0 Å². The standard InChI is InChI=1S/C15H9F2.C9H13.2CH3.H2Si.Zr/c16-11-6-8-14(15(17)9-11)13-7-5-10-3-1-2-4-12(10)13;1-6-5-7(2)9(4)8(6)3;;;;/h1-9H;6H,1-4H3;2*1H3;1H2;. The van der Waals surface area contributed by atoms with E-state index in [4.69, 9.17) is 0 Å². The molecule has 2 aromatic rings. The third-order valence-electron chi connectivity index (χ3n) is 7.66. The SMILES string of the molecule is CC1=C(C)C(C)[C]([Zr]([CH3])([CH3])(=[SiH2])[CH]2C=C(c3ccc(F)cc3F)c3ccccc32)=C1C. The summed E-state index contributed by atoms with van der Waals surface area (Å²) in [6.07, 6.45) is 2.30. The summed E-state index contributed by atoms with van der Waals surface area (Å²) in [5.74, 6) is -0.559. The second kappa shape index (κ2) is 7.07. The summed E-state index contributed by atoms with van der Waals surface area (Å²) in [5.41, 5.74) is 8.19. The third kappa shape index (κ3) is 3.14. The van der Waals surface area contributed by atoms with Crippen LogP contribution in [-0.4, -0.2) is 6.88 Å². The summed E-state index contributed by atoms with van der Waals surface area (Å²) in [5, 5.41) is 0. The average molecular weight is 500 g/mol. The molecule has 0 nitrogen and oxygen atoms in total. The van der Waals surface area contributed by atoms with Crippen molar-refractivity contribution in [3.05, 3.63) is 96.9 Å². The van der Waals surface area contributed by atoms with Gasteiger partial charge in [0.15, 0.2) is 0 Å². The average Bonchev–Trinajstić information content (AvgIpc) is 3.15. The number of hydrogen-bond donors (Lipinski definition) is 0. The Bertz CT molecular complexity index is 1240. The van der Waals surface area contributed by atoms with Gasteiger partial charge in [0.25, 0.3) is 0 Å². The van der Waals surface area contributed by atoms with Crippen molar-refractivity contribution in [2.45, 2.75) is 40.6 Å². The molecule has 0 saturated carbocycles. The van der Waals surface area contributed by atoms with Gasteiger partial charge in [-0.05, 0) is 0 Å². The molecule has 0 amide bonds. The second-order valence-corrected chi connectivity index (χ2v) is 39.7. The first-order valence-corrected chi connectivity index (χ1v) is 24.1. The van der Waals surface area contributed by atoms with Gasteiger partial charge in [0, 0.05) is 0 Å².